The predicted molar refractivity (Wildman–Crippen MR) is 92.5 cm³/mol. The summed E-state index contributed by atoms with van der Waals surface area (Å²) in [4.78, 5) is 0. The van der Waals surface area contributed by atoms with Crippen LogP contribution in [-0.4, -0.2) is 25.4 Å². The van der Waals surface area contributed by atoms with Gasteiger partial charge in [0.2, 0.25) is 0 Å². The second-order valence-corrected chi connectivity index (χ2v) is 7.99. The molecule has 24 heavy (non-hydrogen) atoms. The van der Waals surface area contributed by atoms with E-state index in [0.717, 1.165) is 25.0 Å². The molecular formula is C21H29FO2. The Bertz CT molecular complexity index is 509. The van der Waals surface area contributed by atoms with Gasteiger partial charge < -0.3 is 9.47 Å². The van der Waals surface area contributed by atoms with Crippen LogP contribution in [0.3, 0.4) is 0 Å². The first-order valence-corrected chi connectivity index (χ1v) is 9.76. The Morgan fingerprint density at radius 1 is 0.875 bits per heavy atom. The average Bonchev–Trinajstić information content (AvgIpc) is 3.46. The van der Waals surface area contributed by atoms with Crippen molar-refractivity contribution in [1.29, 1.82) is 0 Å². The van der Waals surface area contributed by atoms with Gasteiger partial charge in [-0.25, -0.2) is 4.39 Å². The first-order valence-electron chi connectivity index (χ1n) is 9.76. The molecule has 1 aromatic rings. The molecule has 0 N–H and O–H groups in total. The smallest absolute Gasteiger partial charge is 0.123 e. The second kappa shape index (κ2) is 7.53. The minimum absolute atomic E-state index is 0.125. The fourth-order valence-electron chi connectivity index (χ4n) is 4.79. The van der Waals surface area contributed by atoms with Gasteiger partial charge in [-0.2, -0.15) is 0 Å². The molecule has 1 unspecified atom stereocenters. The standard InChI is InChI=1S/C21H29FO2/c22-19-9-5-17(6-10-19)15-1-3-16(4-2-15)18-7-11-20(12-8-18)23-13-21-14-24-21/h5-6,9-10,15-16,18,20-21H,1-4,7-8,11-14H2. The van der Waals surface area contributed by atoms with Crippen molar-refractivity contribution in [2.45, 2.75) is 69.5 Å². The van der Waals surface area contributed by atoms with Crippen molar-refractivity contribution in [3.63, 3.8) is 0 Å². The number of hydrogen-bond donors (Lipinski definition) is 0. The SMILES string of the molecule is Fc1ccc(C2CCC(C3CCC(OCC4CO4)CC3)CC2)cc1. The zero-order valence-corrected chi connectivity index (χ0v) is 14.5. The van der Waals surface area contributed by atoms with Crippen molar-refractivity contribution in [1.82, 2.24) is 0 Å². The molecule has 0 amide bonds. The Morgan fingerprint density at radius 2 is 1.46 bits per heavy atom. The van der Waals surface area contributed by atoms with E-state index in [1.165, 1.54) is 56.9 Å². The minimum Gasteiger partial charge on any atom is -0.375 e. The number of hydrogen-bond acceptors (Lipinski definition) is 2. The molecule has 132 valence electrons. The summed E-state index contributed by atoms with van der Waals surface area (Å²) in [6.07, 6.45) is 11.2. The number of epoxide rings is 1. The maximum Gasteiger partial charge on any atom is 0.123 e. The lowest BCUT2D eigenvalue weighted by Gasteiger charge is -2.38. The molecule has 4 rings (SSSR count). The van der Waals surface area contributed by atoms with Gasteiger partial charge in [-0.05, 0) is 86.8 Å². The Kier molecular flexibility index (Phi) is 5.19. The fraction of sp³-hybridized carbons (Fsp3) is 0.714. The van der Waals surface area contributed by atoms with Gasteiger partial charge in [0.25, 0.3) is 0 Å². The average molecular weight is 332 g/mol. The summed E-state index contributed by atoms with van der Waals surface area (Å²) in [5, 5.41) is 0. The summed E-state index contributed by atoms with van der Waals surface area (Å²) < 4.78 is 24.3. The molecule has 1 saturated heterocycles. The molecule has 0 bridgehead atoms. The van der Waals surface area contributed by atoms with Gasteiger partial charge in [0.05, 0.1) is 19.3 Å². The highest BCUT2D eigenvalue weighted by Crippen LogP contribution is 2.43. The third-order valence-corrected chi connectivity index (χ3v) is 6.42. The molecule has 3 aliphatic rings. The molecule has 1 aromatic carbocycles. The van der Waals surface area contributed by atoms with Crippen LogP contribution in [0.4, 0.5) is 4.39 Å². The summed E-state index contributed by atoms with van der Waals surface area (Å²) in [6.45, 7) is 1.70. The Labute approximate surface area is 144 Å². The lowest BCUT2D eigenvalue weighted by Crippen LogP contribution is -2.29. The number of ether oxygens (including phenoxy) is 2. The van der Waals surface area contributed by atoms with Crippen molar-refractivity contribution in [2.24, 2.45) is 11.8 Å². The van der Waals surface area contributed by atoms with E-state index in [2.05, 4.69) is 0 Å². The number of benzene rings is 1. The van der Waals surface area contributed by atoms with E-state index in [1.807, 2.05) is 12.1 Å². The Morgan fingerprint density at radius 3 is 2.04 bits per heavy atom. The molecule has 2 aliphatic carbocycles. The van der Waals surface area contributed by atoms with E-state index in [-0.39, 0.29) is 5.82 Å². The highest BCUT2D eigenvalue weighted by atomic mass is 19.1. The van der Waals surface area contributed by atoms with Gasteiger partial charge in [0.1, 0.15) is 11.9 Å². The zero-order chi connectivity index (χ0) is 16.4. The van der Waals surface area contributed by atoms with Gasteiger partial charge in [0.15, 0.2) is 0 Å². The van der Waals surface area contributed by atoms with Crippen LogP contribution in [0.15, 0.2) is 24.3 Å². The summed E-state index contributed by atoms with van der Waals surface area (Å²) in [5.41, 5.74) is 1.33. The van der Waals surface area contributed by atoms with Crippen LogP contribution in [-0.2, 0) is 9.47 Å². The highest BCUT2D eigenvalue weighted by Gasteiger charge is 2.32. The van der Waals surface area contributed by atoms with E-state index in [1.54, 1.807) is 12.1 Å². The first kappa shape index (κ1) is 16.5. The normalized spacial score (nSPS) is 36.5. The molecule has 3 fully saturated rings. The number of rotatable bonds is 5. The van der Waals surface area contributed by atoms with E-state index in [0.29, 0.717) is 18.1 Å². The molecule has 0 spiro atoms. The van der Waals surface area contributed by atoms with Crippen molar-refractivity contribution >= 4 is 0 Å². The van der Waals surface area contributed by atoms with Gasteiger partial charge in [-0.15, -0.1) is 0 Å². The topological polar surface area (TPSA) is 21.8 Å². The van der Waals surface area contributed by atoms with Crippen molar-refractivity contribution in [3.05, 3.63) is 35.6 Å². The maximum absolute atomic E-state index is 13.1. The van der Waals surface area contributed by atoms with Crippen LogP contribution in [0.25, 0.3) is 0 Å². The summed E-state index contributed by atoms with van der Waals surface area (Å²) in [5.74, 6) is 2.31. The van der Waals surface area contributed by atoms with Gasteiger partial charge in [-0.1, -0.05) is 12.1 Å². The van der Waals surface area contributed by atoms with Crippen molar-refractivity contribution < 1.29 is 13.9 Å². The molecule has 0 aromatic heterocycles. The van der Waals surface area contributed by atoms with Crippen LogP contribution >= 0.6 is 0 Å². The van der Waals surface area contributed by atoms with Gasteiger partial charge in [0, 0.05) is 0 Å². The number of halogens is 1. The van der Waals surface area contributed by atoms with E-state index in [4.69, 9.17) is 9.47 Å². The fourth-order valence-corrected chi connectivity index (χ4v) is 4.79. The van der Waals surface area contributed by atoms with E-state index < -0.39 is 0 Å². The highest BCUT2D eigenvalue weighted by molar-refractivity contribution is 5.20. The lowest BCUT2D eigenvalue weighted by molar-refractivity contribution is 0.00133. The molecule has 1 atom stereocenters. The second-order valence-electron chi connectivity index (χ2n) is 7.99. The Balaban J connectivity index is 1.21. The Hall–Kier alpha value is -0.930. The molecule has 2 saturated carbocycles. The lowest BCUT2D eigenvalue weighted by atomic mass is 9.69. The first-order chi connectivity index (χ1) is 11.8. The van der Waals surface area contributed by atoms with Crippen LogP contribution in [0, 0.1) is 17.7 Å². The monoisotopic (exact) mass is 332 g/mol. The molecule has 1 aliphatic heterocycles. The van der Waals surface area contributed by atoms with Crippen LogP contribution < -0.4 is 0 Å². The van der Waals surface area contributed by atoms with Gasteiger partial charge in [-0.3, -0.25) is 0 Å². The quantitative estimate of drug-likeness (QED) is 0.702. The third-order valence-electron chi connectivity index (χ3n) is 6.42. The molecule has 0 radical (unpaired) electrons. The summed E-state index contributed by atoms with van der Waals surface area (Å²) in [6, 6.07) is 7.17. The summed E-state index contributed by atoms with van der Waals surface area (Å²) in [7, 11) is 0. The summed E-state index contributed by atoms with van der Waals surface area (Å²) >= 11 is 0. The van der Waals surface area contributed by atoms with Gasteiger partial charge >= 0.3 is 0 Å². The minimum atomic E-state index is -0.125. The van der Waals surface area contributed by atoms with Crippen molar-refractivity contribution in [3.8, 4) is 0 Å². The third kappa shape index (κ3) is 4.18. The predicted octanol–water partition coefficient (Wildman–Crippen LogP) is 5.07. The van der Waals surface area contributed by atoms with E-state index >= 15 is 0 Å². The zero-order valence-electron chi connectivity index (χ0n) is 14.5. The molecule has 1 heterocycles. The van der Waals surface area contributed by atoms with Crippen LogP contribution in [0.1, 0.15) is 62.8 Å². The largest absolute Gasteiger partial charge is 0.375 e. The van der Waals surface area contributed by atoms with Crippen LogP contribution in [0.5, 0.6) is 0 Å². The van der Waals surface area contributed by atoms with Crippen molar-refractivity contribution in [2.75, 3.05) is 13.2 Å². The molecular weight excluding hydrogens is 303 g/mol. The molecule has 2 nitrogen and oxygen atoms in total. The maximum atomic E-state index is 13.1. The molecule has 3 heteroatoms. The van der Waals surface area contributed by atoms with E-state index in [9.17, 15) is 4.39 Å². The van der Waals surface area contributed by atoms with Crippen LogP contribution in [0.2, 0.25) is 0 Å².